The van der Waals surface area contributed by atoms with Crippen LogP contribution in [0.5, 0.6) is 0 Å². The van der Waals surface area contributed by atoms with Crippen molar-refractivity contribution in [2.45, 2.75) is 0 Å². The number of nitriles is 1. The number of nitrogens with two attached hydrogens (primary N) is 1. The van der Waals surface area contributed by atoms with Crippen molar-refractivity contribution < 1.29 is 9.90 Å². The van der Waals surface area contributed by atoms with Gasteiger partial charge in [0.2, 0.25) is 0 Å². The molecule has 0 aliphatic rings. The van der Waals surface area contributed by atoms with Crippen molar-refractivity contribution in [3.05, 3.63) is 41.7 Å². The number of carboxylic acid groups (broad SMARTS) is 1. The molecule has 7 nitrogen and oxygen atoms in total. The molecule has 20 heavy (non-hydrogen) atoms. The molecule has 0 spiro atoms. The van der Waals surface area contributed by atoms with Crippen LogP contribution in [0.3, 0.4) is 0 Å². The first-order valence-corrected chi connectivity index (χ1v) is 5.62. The molecule has 2 aromatic rings. The van der Waals surface area contributed by atoms with E-state index in [9.17, 15) is 4.79 Å². The predicted octanol–water partition coefficient (Wildman–Crippen LogP) is 1.40. The van der Waals surface area contributed by atoms with Gasteiger partial charge in [-0.05, 0) is 24.3 Å². The number of nitrogens with zero attached hydrogens (tertiary/aromatic N) is 4. The maximum absolute atomic E-state index is 10.8. The van der Waals surface area contributed by atoms with Crippen molar-refractivity contribution in [3.63, 3.8) is 0 Å². The fraction of sp³-hybridized carbons (Fsp3) is 0.0769. The van der Waals surface area contributed by atoms with E-state index in [0.29, 0.717) is 5.82 Å². The van der Waals surface area contributed by atoms with E-state index >= 15 is 0 Å². The Bertz CT molecular complexity index is 691. The van der Waals surface area contributed by atoms with Gasteiger partial charge in [-0.15, -0.1) is 0 Å². The SMILES string of the molecule is CN(c1ccc(C(=O)O)cc1)c1cnc(N)c(C#N)n1. The van der Waals surface area contributed by atoms with Gasteiger partial charge in [-0.25, -0.2) is 14.8 Å². The van der Waals surface area contributed by atoms with Gasteiger partial charge in [0.25, 0.3) is 0 Å². The van der Waals surface area contributed by atoms with Gasteiger partial charge in [0.05, 0.1) is 11.8 Å². The molecule has 0 fully saturated rings. The molecule has 0 saturated carbocycles. The van der Waals surface area contributed by atoms with Gasteiger partial charge in [-0.3, -0.25) is 0 Å². The number of benzene rings is 1. The van der Waals surface area contributed by atoms with Crippen LogP contribution in [0.25, 0.3) is 0 Å². The van der Waals surface area contributed by atoms with Crippen molar-refractivity contribution in [2.24, 2.45) is 0 Å². The lowest BCUT2D eigenvalue weighted by Crippen LogP contribution is -2.13. The summed E-state index contributed by atoms with van der Waals surface area (Å²) in [4.78, 5) is 20.5. The van der Waals surface area contributed by atoms with Crippen molar-refractivity contribution >= 4 is 23.3 Å². The molecule has 0 unspecified atom stereocenters. The molecule has 0 amide bonds. The van der Waals surface area contributed by atoms with E-state index in [1.165, 1.54) is 18.3 Å². The molecule has 0 aliphatic carbocycles. The third-order valence-electron chi connectivity index (χ3n) is 2.74. The Morgan fingerprint density at radius 2 is 2.05 bits per heavy atom. The Labute approximate surface area is 114 Å². The Morgan fingerprint density at radius 3 is 2.60 bits per heavy atom. The largest absolute Gasteiger partial charge is 0.478 e. The fourth-order valence-electron chi connectivity index (χ4n) is 1.59. The summed E-state index contributed by atoms with van der Waals surface area (Å²) < 4.78 is 0. The predicted molar refractivity (Wildman–Crippen MR) is 72.6 cm³/mol. The van der Waals surface area contributed by atoms with Gasteiger partial charge in [-0.2, -0.15) is 5.26 Å². The van der Waals surface area contributed by atoms with Crippen LogP contribution < -0.4 is 10.6 Å². The maximum atomic E-state index is 10.8. The van der Waals surface area contributed by atoms with Crippen molar-refractivity contribution in [2.75, 3.05) is 17.7 Å². The lowest BCUT2D eigenvalue weighted by molar-refractivity contribution is 0.0697. The number of carbonyl (C=O) groups is 1. The third-order valence-corrected chi connectivity index (χ3v) is 2.74. The van der Waals surface area contributed by atoms with Crippen LogP contribution in [0, 0.1) is 11.3 Å². The first-order chi connectivity index (χ1) is 9.52. The summed E-state index contributed by atoms with van der Waals surface area (Å²) in [5.41, 5.74) is 6.48. The zero-order chi connectivity index (χ0) is 14.7. The first-order valence-electron chi connectivity index (χ1n) is 5.62. The van der Waals surface area contributed by atoms with Crippen molar-refractivity contribution in [1.29, 1.82) is 5.26 Å². The average molecular weight is 269 g/mol. The summed E-state index contributed by atoms with van der Waals surface area (Å²) in [7, 11) is 1.73. The highest BCUT2D eigenvalue weighted by Gasteiger charge is 2.10. The number of hydrogen-bond donors (Lipinski definition) is 2. The molecule has 1 aromatic heterocycles. The summed E-state index contributed by atoms with van der Waals surface area (Å²) >= 11 is 0. The zero-order valence-corrected chi connectivity index (χ0v) is 10.6. The van der Waals surface area contributed by atoms with Gasteiger partial charge in [-0.1, -0.05) is 0 Å². The molecule has 100 valence electrons. The van der Waals surface area contributed by atoms with E-state index in [-0.39, 0.29) is 17.1 Å². The topological polar surface area (TPSA) is 116 Å². The molecule has 0 saturated heterocycles. The van der Waals surface area contributed by atoms with E-state index in [2.05, 4.69) is 9.97 Å². The molecule has 0 radical (unpaired) electrons. The maximum Gasteiger partial charge on any atom is 0.335 e. The number of nitrogen functional groups attached to an aromatic ring is 1. The lowest BCUT2D eigenvalue weighted by Gasteiger charge is -2.18. The summed E-state index contributed by atoms with van der Waals surface area (Å²) in [5, 5.41) is 17.7. The van der Waals surface area contributed by atoms with Crippen LogP contribution in [0.4, 0.5) is 17.3 Å². The van der Waals surface area contributed by atoms with Gasteiger partial charge in [0.1, 0.15) is 6.07 Å². The average Bonchev–Trinajstić information content (AvgIpc) is 2.47. The Balaban J connectivity index is 2.33. The monoisotopic (exact) mass is 269 g/mol. The van der Waals surface area contributed by atoms with E-state index in [0.717, 1.165) is 5.69 Å². The number of anilines is 3. The zero-order valence-electron chi connectivity index (χ0n) is 10.6. The van der Waals surface area contributed by atoms with E-state index < -0.39 is 5.97 Å². The van der Waals surface area contributed by atoms with E-state index in [4.69, 9.17) is 16.1 Å². The number of carboxylic acids is 1. The minimum absolute atomic E-state index is 0.0523. The third kappa shape index (κ3) is 2.49. The minimum atomic E-state index is -0.988. The second kappa shape index (κ2) is 5.24. The van der Waals surface area contributed by atoms with Crippen LogP contribution in [-0.2, 0) is 0 Å². The lowest BCUT2D eigenvalue weighted by atomic mass is 10.2. The van der Waals surface area contributed by atoms with E-state index in [1.807, 2.05) is 6.07 Å². The normalized spacial score (nSPS) is 9.80. The summed E-state index contributed by atoms with van der Waals surface area (Å²) in [6.07, 6.45) is 1.45. The molecule has 7 heteroatoms. The summed E-state index contributed by atoms with van der Waals surface area (Å²) in [6, 6.07) is 8.14. The molecule has 1 heterocycles. The summed E-state index contributed by atoms with van der Waals surface area (Å²) in [6.45, 7) is 0. The standard InChI is InChI=1S/C13H11N5O2/c1-18(9-4-2-8(3-5-9)13(19)20)11-7-16-12(15)10(6-14)17-11/h2-5,7H,1H3,(H2,15,16)(H,19,20). The molecule has 3 N–H and O–H groups in total. The molecule has 0 aliphatic heterocycles. The van der Waals surface area contributed by atoms with Gasteiger partial charge in [0.15, 0.2) is 17.3 Å². The Morgan fingerprint density at radius 1 is 1.40 bits per heavy atom. The Kier molecular flexibility index (Phi) is 3.48. The van der Waals surface area contributed by atoms with Crippen LogP contribution in [-0.4, -0.2) is 28.1 Å². The fourth-order valence-corrected chi connectivity index (χ4v) is 1.59. The minimum Gasteiger partial charge on any atom is -0.478 e. The molecular formula is C13H11N5O2. The van der Waals surface area contributed by atoms with Gasteiger partial charge >= 0.3 is 5.97 Å². The molecule has 0 atom stereocenters. The van der Waals surface area contributed by atoms with E-state index in [1.54, 1.807) is 24.1 Å². The van der Waals surface area contributed by atoms with Crippen LogP contribution >= 0.6 is 0 Å². The number of aromatic carboxylic acids is 1. The number of rotatable bonds is 3. The highest BCUT2D eigenvalue weighted by atomic mass is 16.4. The highest BCUT2D eigenvalue weighted by Crippen LogP contribution is 2.22. The quantitative estimate of drug-likeness (QED) is 0.864. The molecular weight excluding hydrogens is 258 g/mol. The smallest absolute Gasteiger partial charge is 0.335 e. The van der Waals surface area contributed by atoms with Gasteiger partial charge < -0.3 is 15.7 Å². The molecule has 1 aromatic carbocycles. The molecule has 0 bridgehead atoms. The summed E-state index contributed by atoms with van der Waals surface area (Å²) in [5.74, 6) is -0.469. The van der Waals surface area contributed by atoms with Crippen LogP contribution in [0.15, 0.2) is 30.5 Å². The van der Waals surface area contributed by atoms with Crippen molar-refractivity contribution in [3.8, 4) is 6.07 Å². The second-order valence-electron chi connectivity index (χ2n) is 3.98. The first kappa shape index (κ1) is 13.3. The number of aromatic nitrogens is 2. The molecule has 2 rings (SSSR count). The van der Waals surface area contributed by atoms with Crippen LogP contribution in [0.2, 0.25) is 0 Å². The van der Waals surface area contributed by atoms with Gasteiger partial charge in [0, 0.05) is 12.7 Å². The Hall–Kier alpha value is -3.14. The highest BCUT2D eigenvalue weighted by molar-refractivity contribution is 5.88. The van der Waals surface area contributed by atoms with Crippen molar-refractivity contribution in [1.82, 2.24) is 9.97 Å². The van der Waals surface area contributed by atoms with Crippen LogP contribution in [0.1, 0.15) is 16.1 Å². The second-order valence-corrected chi connectivity index (χ2v) is 3.98. The number of hydrogen-bond acceptors (Lipinski definition) is 6.